The lowest BCUT2D eigenvalue weighted by Gasteiger charge is -2.44. The monoisotopic (exact) mass is 699 g/mol. The third-order valence-electron chi connectivity index (χ3n) is 9.79. The Morgan fingerprint density at radius 2 is 1.23 bits per heavy atom. The van der Waals surface area contributed by atoms with E-state index in [1.807, 2.05) is 84.9 Å². The van der Waals surface area contributed by atoms with Gasteiger partial charge in [0.1, 0.15) is 12.2 Å². The second-order valence-electron chi connectivity index (χ2n) is 13.7. The Morgan fingerprint density at radius 1 is 0.712 bits per heavy atom. The Labute approximate surface area is 307 Å². The Hall–Kier alpha value is -4.79. The van der Waals surface area contributed by atoms with Crippen LogP contribution in [0.5, 0.6) is 0 Å². The van der Waals surface area contributed by atoms with Crippen molar-refractivity contribution in [2.24, 2.45) is 11.8 Å². The van der Waals surface area contributed by atoms with Crippen molar-refractivity contribution in [3.8, 4) is 0 Å². The van der Waals surface area contributed by atoms with Crippen LogP contribution in [-0.4, -0.2) is 62.2 Å². The number of carbonyl (C=O) groups excluding carboxylic acids is 1. The van der Waals surface area contributed by atoms with Crippen LogP contribution in [0, 0.1) is 11.8 Å². The highest BCUT2D eigenvalue weighted by Crippen LogP contribution is 2.43. The van der Waals surface area contributed by atoms with Crippen molar-refractivity contribution in [1.82, 2.24) is 4.90 Å². The van der Waals surface area contributed by atoms with Gasteiger partial charge in [-0.2, -0.15) is 0 Å². The molecule has 5 aromatic rings. The average molecular weight is 700 g/mol. The first-order chi connectivity index (χ1) is 25.5. The van der Waals surface area contributed by atoms with E-state index in [1.165, 1.54) is 0 Å². The van der Waals surface area contributed by atoms with E-state index in [2.05, 4.69) is 67.6 Å². The van der Waals surface area contributed by atoms with Gasteiger partial charge >= 0.3 is 6.09 Å². The molecule has 1 heterocycles. The van der Waals surface area contributed by atoms with Gasteiger partial charge in [0.15, 0.2) is 0 Å². The highest BCUT2D eigenvalue weighted by molar-refractivity contribution is 5.68. The smallest absolute Gasteiger partial charge is 0.410 e. The fourth-order valence-electron chi connectivity index (χ4n) is 7.28. The van der Waals surface area contributed by atoms with Gasteiger partial charge in [-0.1, -0.05) is 153 Å². The van der Waals surface area contributed by atoms with Gasteiger partial charge in [-0.15, -0.1) is 0 Å². The van der Waals surface area contributed by atoms with E-state index in [-0.39, 0.29) is 31.6 Å². The number of β-amino-alcohol motifs (C(OH)–C–C–N with tert-alkyl or cyclic N) is 1. The van der Waals surface area contributed by atoms with Crippen molar-refractivity contribution in [3.05, 3.63) is 179 Å². The molecule has 1 N–H and O–H groups in total. The molecule has 270 valence electrons. The molecule has 7 nitrogen and oxygen atoms in total. The van der Waals surface area contributed by atoms with Gasteiger partial charge < -0.3 is 29.0 Å². The maximum Gasteiger partial charge on any atom is 0.410 e. The first-order valence-corrected chi connectivity index (χ1v) is 18.1. The highest BCUT2D eigenvalue weighted by Gasteiger charge is 2.43. The minimum Gasteiger partial charge on any atom is -0.445 e. The number of aliphatic hydroxyl groups is 1. The molecule has 1 aliphatic rings. The number of hydrogen-bond donors (Lipinski definition) is 1. The molecule has 7 heteroatoms. The van der Waals surface area contributed by atoms with Gasteiger partial charge in [-0.3, -0.25) is 0 Å². The van der Waals surface area contributed by atoms with E-state index in [0.717, 1.165) is 33.4 Å². The number of methoxy groups -OCH3 is 1. The molecule has 1 amide bonds. The number of amides is 1. The minimum atomic E-state index is -0.948. The highest BCUT2D eigenvalue weighted by atomic mass is 16.6. The van der Waals surface area contributed by atoms with Crippen LogP contribution >= 0.6 is 0 Å². The Bertz CT molecular complexity index is 1690. The van der Waals surface area contributed by atoms with Crippen LogP contribution in [-0.2, 0) is 37.8 Å². The van der Waals surface area contributed by atoms with Crippen LogP contribution in [0.15, 0.2) is 146 Å². The van der Waals surface area contributed by atoms with Crippen molar-refractivity contribution in [3.63, 3.8) is 0 Å². The van der Waals surface area contributed by atoms with E-state index in [1.54, 1.807) is 12.0 Å². The summed E-state index contributed by atoms with van der Waals surface area (Å²) >= 11 is 0. The molecule has 0 saturated carbocycles. The number of piperidine rings is 1. The molecule has 1 saturated heterocycles. The number of likely N-dealkylation sites (tertiary alicyclic amines) is 1. The van der Waals surface area contributed by atoms with Gasteiger partial charge in [-0.05, 0) is 33.4 Å². The van der Waals surface area contributed by atoms with E-state index in [4.69, 9.17) is 18.9 Å². The Kier molecular flexibility index (Phi) is 12.9. The first-order valence-electron chi connectivity index (χ1n) is 18.1. The first kappa shape index (κ1) is 37.0. The lowest BCUT2D eigenvalue weighted by Crippen LogP contribution is -2.52. The van der Waals surface area contributed by atoms with Crippen LogP contribution in [0.3, 0.4) is 0 Å². The number of ether oxygens (including phenoxy) is 4. The topological polar surface area (TPSA) is 77.5 Å². The molecule has 52 heavy (non-hydrogen) atoms. The van der Waals surface area contributed by atoms with E-state index >= 15 is 0 Å². The molecule has 1 unspecified atom stereocenters. The molecular weight excluding hydrogens is 650 g/mol. The van der Waals surface area contributed by atoms with Crippen LogP contribution < -0.4 is 0 Å². The summed E-state index contributed by atoms with van der Waals surface area (Å²) in [5.74, 6) is -0.255. The summed E-state index contributed by atoms with van der Waals surface area (Å²) in [4.78, 5) is 15.2. The van der Waals surface area contributed by atoms with Crippen molar-refractivity contribution in [2.45, 2.75) is 37.8 Å². The largest absolute Gasteiger partial charge is 0.445 e. The summed E-state index contributed by atoms with van der Waals surface area (Å²) in [6.45, 7) is 4.77. The molecule has 4 atom stereocenters. The zero-order chi connectivity index (χ0) is 36.2. The van der Waals surface area contributed by atoms with E-state index in [9.17, 15) is 9.90 Å². The van der Waals surface area contributed by atoms with E-state index in [0.29, 0.717) is 32.3 Å². The molecule has 0 spiro atoms. The van der Waals surface area contributed by atoms with Gasteiger partial charge in [0.25, 0.3) is 0 Å². The average Bonchev–Trinajstić information content (AvgIpc) is 3.19. The van der Waals surface area contributed by atoms with Gasteiger partial charge in [-0.25, -0.2) is 4.79 Å². The fraction of sp³-hybridized carbons (Fsp3) is 0.311. The summed E-state index contributed by atoms with van der Waals surface area (Å²) < 4.78 is 24.2. The number of nitrogens with zero attached hydrogens (tertiary/aromatic N) is 1. The van der Waals surface area contributed by atoms with E-state index < -0.39 is 17.8 Å². The lowest BCUT2D eigenvalue weighted by molar-refractivity contribution is -0.0539. The summed E-state index contributed by atoms with van der Waals surface area (Å²) in [5, 5.41) is 11.9. The second kappa shape index (κ2) is 18.1. The maximum absolute atomic E-state index is 13.5. The molecule has 0 aromatic heterocycles. The van der Waals surface area contributed by atoms with Crippen LogP contribution in [0.2, 0.25) is 0 Å². The third kappa shape index (κ3) is 8.98. The van der Waals surface area contributed by atoms with Crippen LogP contribution in [0.1, 0.15) is 46.2 Å². The molecule has 1 aliphatic heterocycles. The SMILES string of the molecule is COCC(C)COCc1ccc([C@H]2[C@H](COC(c3ccccc3)(c3ccccc3)c3ccccc3)CN(C(=O)OCc3ccccc3)C[C@@H]2O)cc1. The van der Waals surface area contributed by atoms with Crippen LogP contribution in [0.4, 0.5) is 4.79 Å². The van der Waals surface area contributed by atoms with Crippen molar-refractivity contribution in [2.75, 3.05) is 40.0 Å². The van der Waals surface area contributed by atoms with Gasteiger partial charge in [0.2, 0.25) is 0 Å². The zero-order valence-corrected chi connectivity index (χ0v) is 30.1. The second-order valence-corrected chi connectivity index (χ2v) is 13.7. The normalized spacial score (nSPS) is 18.1. The molecule has 0 bridgehead atoms. The maximum atomic E-state index is 13.5. The fourth-order valence-corrected chi connectivity index (χ4v) is 7.28. The Balaban J connectivity index is 1.30. The predicted molar refractivity (Wildman–Crippen MR) is 203 cm³/mol. The summed E-state index contributed by atoms with van der Waals surface area (Å²) in [5.41, 5.74) is 4.96. The number of carbonyl (C=O) groups is 1. The predicted octanol–water partition coefficient (Wildman–Crippen LogP) is 8.21. The molecule has 5 aromatic carbocycles. The minimum absolute atomic E-state index is 0.151. The van der Waals surface area contributed by atoms with Crippen molar-refractivity contribution in [1.29, 1.82) is 0 Å². The number of hydrogen-bond acceptors (Lipinski definition) is 6. The number of aliphatic hydroxyl groups excluding tert-OH is 1. The molecule has 1 fully saturated rings. The lowest BCUT2D eigenvalue weighted by atomic mass is 9.77. The van der Waals surface area contributed by atoms with Gasteiger partial charge in [0, 0.05) is 31.4 Å². The standard InChI is InChI=1S/C45H49NO6/c1-34(29-49-2)30-50-31-36-23-25-37(26-24-36)43-38(27-46(28-42(43)47)44(48)51-32-35-15-7-3-8-16-35)33-52-45(39-17-9-4-10-18-39,40-19-11-5-12-20-40)41-21-13-6-14-22-41/h3-26,34,38,42-43,47H,27-33H2,1-2H3/t34?,38-,42-,43-/m0/s1. The van der Waals surface area contributed by atoms with Crippen molar-refractivity contribution >= 4 is 6.09 Å². The van der Waals surface area contributed by atoms with Crippen LogP contribution in [0.25, 0.3) is 0 Å². The molecule has 0 aliphatic carbocycles. The summed E-state index contributed by atoms with van der Waals surface area (Å²) in [6, 6.07) is 48.6. The molecular formula is C45H49NO6. The third-order valence-corrected chi connectivity index (χ3v) is 9.79. The van der Waals surface area contributed by atoms with Gasteiger partial charge in [0.05, 0.1) is 39.1 Å². The summed E-state index contributed by atoms with van der Waals surface area (Å²) in [6.07, 6.45) is -1.30. The quantitative estimate of drug-likeness (QED) is 0.111. The number of benzene rings is 5. The number of rotatable bonds is 15. The Morgan fingerprint density at radius 3 is 1.77 bits per heavy atom. The molecule has 6 rings (SSSR count). The van der Waals surface area contributed by atoms with Crippen molar-refractivity contribution < 1.29 is 28.8 Å². The molecule has 0 radical (unpaired) electrons. The zero-order valence-electron chi connectivity index (χ0n) is 30.1. The summed E-state index contributed by atoms with van der Waals surface area (Å²) in [7, 11) is 1.70.